The van der Waals surface area contributed by atoms with Crippen molar-refractivity contribution in [3.05, 3.63) is 66.0 Å². The first-order chi connectivity index (χ1) is 19.7. The number of anilines is 1. The summed E-state index contributed by atoms with van der Waals surface area (Å²) in [5, 5.41) is 3.15. The van der Waals surface area contributed by atoms with E-state index in [4.69, 9.17) is 4.74 Å². The Bertz CT molecular complexity index is 1360. The van der Waals surface area contributed by atoms with Crippen LogP contribution in [0.5, 0.6) is 0 Å². The zero-order valence-electron chi connectivity index (χ0n) is 22.9. The van der Waals surface area contributed by atoms with E-state index in [0.717, 1.165) is 56.5 Å². The standard InChI is InChI=1S/C30H34F3N5O3/c1-37(29(40)41-18-20-5-3-2-4-6-20)23-8-10-24(11-9-23)38-16-21(17-38)13-25(39)15-34-28-26-14-22(30(31,32)33)7-12-27(26)35-19-36-28/h2-7,12,14,19,21,23-24H,8-11,13,15-18H2,1H3,(H,34,35,36). The fourth-order valence-electron chi connectivity index (χ4n) is 5.77. The number of alkyl halides is 3. The van der Waals surface area contributed by atoms with Crippen LogP contribution in [0.15, 0.2) is 54.9 Å². The third-order valence-electron chi connectivity index (χ3n) is 8.14. The molecule has 41 heavy (non-hydrogen) atoms. The van der Waals surface area contributed by atoms with Gasteiger partial charge in [0.25, 0.3) is 0 Å². The number of carbonyl (C=O) groups excluding carboxylic acids is 2. The zero-order chi connectivity index (χ0) is 29.0. The van der Waals surface area contributed by atoms with Crippen LogP contribution < -0.4 is 5.32 Å². The molecule has 1 aromatic heterocycles. The lowest BCUT2D eigenvalue weighted by Gasteiger charge is -2.47. The molecule has 0 bridgehead atoms. The summed E-state index contributed by atoms with van der Waals surface area (Å²) in [7, 11) is 1.80. The van der Waals surface area contributed by atoms with Gasteiger partial charge in [-0.1, -0.05) is 30.3 Å². The number of benzene rings is 2. The third kappa shape index (κ3) is 7.13. The van der Waals surface area contributed by atoms with E-state index in [-0.39, 0.29) is 48.2 Å². The molecule has 218 valence electrons. The summed E-state index contributed by atoms with van der Waals surface area (Å²) in [6.45, 7) is 1.96. The zero-order valence-corrected chi connectivity index (χ0v) is 22.9. The maximum atomic E-state index is 13.1. The van der Waals surface area contributed by atoms with Gasteiger partial charge >= 0.3 is 12.3 Å². The van der Waals surface area contributed by atoms with Gasteiger partial charge in [0.15, 0.2) is 5.78 Å². The minimum absolute atomic E-state index is 0.00330. The topological polar surface area (TPSA) is 87.7 Å². The number of halogens is 3. The Balaban J connectivity index is 1.02. The molecule has 1 aliphatic heterocycles. The van der Waals surface area contributed by atoms with E-state index in [0.29, 0.717) is 18.0 Å². The van der Waals surface area contributed by atoms with Crippen LogP contribution in [0.25, 0.3) is 10.9 Å². The first-order valence-corrected chi connectivity index (χ1v) is 13.9. The van der Waals surface area contributed by atoms with Crippen molar-refractivity contribution in [2.45, 2.75) is 57.0 Å². The van der Waals surface area contributed by atoms with Crippen molar-refractivity contribution >= 4 is 28.6 Å². The van der Waals surface area contributed by atoms with Gasteiger partial charge in [-0.05, 0) is 55.4 Å². The lowest BCUT2D eigenvalue weighted by Crippen LogP contribution is -2.54. The van der Waals surface area contributed by atoms with Gasteiger partial charge in [-0.2, -0.15) is 13.2 Å². The van der Waals surface area contributed by atoms with E-state index in [1.165, 1.54) is 12.4 Å². The van der Waals surface area contributed by atoms with E-state index in [1.54, 1.807) is 11.9 Å². The van der Waals surface area contributed by atoms with Gasteiger partial charge < -0.3 is 15.0 Å². The van der Waals surface area contributed by atoms with Crippen molar-refractivity contribution in [2.24, 2.45) is 5.92 Å². The van der Waals surface area contributed by atoms with Gasteiger partial charge in [-0.3, -0.25) is 9.69 Å². The minimum atomic E-state index is -4.48. The maximum Gasteiger partial charge on any atom is 0.416 e. The second kappa shape index (κ2) is 12.4. The Labute approximate surface area is 236 Å². The van der Waals surface area contributed by atoms with Crippen LogP contribution >= 0.6 is 0 Å². The molecule has 0 radical (unpaired) electrons. The molecular formula is C30H34F3N5O3. The number of hydrogen-bond donors (Lipinski definition) is 1. The Hall–Kier alpha value is -3.73. The third-order valence-corrected chi connectivity index (χ3v) is 8.14. The quantitative estimate of drug-likeness (QED) is 0.363. The fourth-order valence-corrected chi connectivity index (χ4v) is 5.77. The second-order valence-corrected chi connectivity index (χ2v) is 11.0. The predicted molar refractivity (Wildman–Crippen MR) is 148 cm³/mol. The number of nitrogens with one attached hydrogen (secondary N) is 1. The van der Waals surface area contributed by atoms with Gasteiger partial charge in [-0.25, -0.2) is 14.8 Å². The average molecular weight is 570 g/mol. The number of ether oxygens (including phenoxy) is 1. The first kappa shape index (κ1) is 28.8. The van der Waals surface area contributed by atoms with Gasteiger partial charge in [0.1, 0.15) is 18.8 Å². The van der Waals surface area contributed by atoms with Crippen LogP contribution in [0, 0.1) is 5.92 Å². The summed E-state index contributed by atoms with van der Waals surface area (Å²) >= 11 is 0. The van der Waals surface area contributed by atoms with Crippen molar-refractivity contribution in [2.75, 3.05) is 32.0 Å². The molecule has 2 fully saturated rings. The fraction of sp³-hybridized carbons (Fsp3) is 0.467. The largest absolute Gasteiger partial charge is 0.445 e. The normalized spacial score (nSPS) is 19.9. The number of rotatable bonds is 9. The lowest BCUT2D eigenvalue weighted by molar-refractivity contribution is -0.137. The SMILES string of the molecule is CN(C(=O)OCc1ccccc1)C1CCC(N2CC(CC(=O)CNc3ncnc4ccc(C(F)(F)F)cc34)C2)CC1. The number of amides is 1. The molecule has 1 saturated heterocycles. The van der Waals surface area contributed by atoms with Crippen molar-refractivity contribution in [1.29, 1.82) is 0 Å². The van der Waals surface area contributed by atoms with Crippen molar-refractivity contribution in [3.8, 4) is 0 Å². The summed E-state index contributed by atoms with van der Waals surface area (Å²) in [6, 6.07) is 13.5. The van der Waals surface area contributed by atoms with Crippen molar-refractivity contribution < 1.29 is 27.5 Å². The van der Waals surface area contributed by atoms with Crippen LogP contribution in [-0.4, -0.2) is 70.4 Å². The number of fused-ring (bicyclic) bond motifs is 1. The summed E-state index contributed by atoms with van der Waals surface area (Å²) in [4.78, 5) is 37.4. The number of carbonyl (C=O) groups is 2. The van der Waals surface area contributed by atoms with Gasteiger partial charge in [-0.15, -0.1) is 0 Å². The van der Waals surface area contributed by atoms with Crippen LogP contribution in [0.1, 0.15) is 43.2 Å². The maximum absolute atomic E-state index is 13.1. The highest BCUT2D eigenvalue weighted by atomic mass is 19.4. The van der Waals surface area contributed by atoms with E-state index in [9.17, 15) is 22.8 Å². The molecule has 0 atom stereocenters. The molecule has 8 nitrogen and oxygen atoms in total. The van der Waals surface area contributed by atoms with E-state index in [1.807, 2.05) is 30.3 Å². The van der Waals surface area contributed by atoms with Gasteiger partial charge in [0.2, 0.25) is 0 Å². The van der Waals surface area contributed by atoms with Crippen molar-refractivity contribution in [3.63, 3.8) is 0 Å². The van der Waals surface area contributed by atoms with Crippen LogP contribution in [0.2, 0.25) is 0 Å². The van der Waals surface area contributed by atoms with Gasteiger partial charge in [0, 0.05) is 44.0 Å². The summed E-state index contributed by atoms with van der Waals surface area (Å²) in [5.74, 6) is 0.472. The molecule has 5 rings (SSSR count). The number of Topliss-reactive ketones (excluding diaryl/α,β-unsaturated/α-hetero) is 1. The second-order valence-electron chi connectivity index (χ2n) is 11.0. The number of hydrogen-bond acceptors (Lipinski definition) is 7. The first-order valence-electron chi connectivity index (χ1n) is 13.9. The molecule has 1 aliphatic carbocycles. The molecule has 11 heteroatoms. The molecule has 0 spiro atoms. The Morgan fingerprint density at radius 3 is 2.49 bits per heavy atom. The van der Waals surface area contributed by atoms with Crippen LogP contribution in [0.3, 0.4) is 0 Å². The smallest absolute Gasteiger partial charge is 0.416 e. The number of ketones is 1. The molecule has 1 amide bonds. The number of nitrogens with zero attached hydrogens (tertiary/aromatic N) is 4. The summed E-state index contributed by atoms with van der Waals surface area (Å²) < 4.78 is 44.9. The Morgan fingerprint density at radius 2 is 1.78 bits per heavy atom. The molecule has 2 heterocycles. The molecule has 3 aromatic rings. The van der Waals surface area contributed by atoms with Gasteiger partial charge in [0.05, 0.1) is 17.6 Å². The monoisotopic (exact) mass is 569 g/mol. The minimum Gasteiger partial charge on any atom is -0.445 e. The van der Waals surface area contributed by atoms with E-state index >= 15 is 0 Å². The Kier molecular flexibility index (Phi) is 8.72. The number of likely N-dealkylation sites (tertiary alicyclic amines) is 1. The molecular weight excluding hydrogens is 535 g/mol. The lowest BCUT2D eigenvalue weighted by atomic mass is 9.85. The van der Waals surface area contributed by atoms with Crippen LogP contribution in [0.4, 0.5) is 23.8 Å². The van der Waals surface area contributed by atoms with E-state index < -0.39 is 11.7 Å². The Morgan fingerprint density at radius 1 is 1.05 bits per heavy atom. The molecule has 1 N–H and O–H groups in total. The molecule has 2 aromatic carbocycles. The molecule has 0 unspecified atom stereocenters. The number of aromatic nitrogens is 2. The van der Waals surface area contributed by atoms with Crippen LogP contribution in [-0.2, 0) is 22.3 Å². The van der Waals surface area contributed by atoms with Crippen molar-refractivity contribution in [1.82, 2.24) is 19.8 Å². The molecule has 2 aliphatic rings. The highest BCUT2D eigenvalue weighted by Gasteiger charge is 2.37. The summed E-state index contributed by atoms with van der Waals surface area (Å²) in [6.07, 6.45) is 0.704. The highest BCUT2D eigenvalue weighted by molar-refractivity contribution is 5.91. The highest BCUT2D eigenvalue weighted by Crippen LogP contribution is 2.33. The average Bonchev–Trinajstić information content (AvgIpc) is 2.96. The predicted octanol–water partition coefficient (Wildman–Crippen LogP) is 5.53. The molecule has 1 saturated carbocycles. The summed E-state index contributed by atoms with van der Waals surface area (Å²) in [5.41, 5.74) is 0.552. The van der Waals surface area contributed by atoms with E-state index in [2.05, 4.69) is 20.2 Å².